The van der Waals surface area contributed by atoms with Crippen molar-refractivity contribution in [1.82, 2.24) is 20.9 Å². The van der Waals surface area contributed by atoms with Crippen LogP contribution in [0.2, 0.25) is 0 Å². The van der Waals surface area contributed by atoms with Crippen LogP contribution in [0, 0.1) is 0 Å². The Hall–Kier alpha value is -0.570. The van der Waals surface area contributed by atoms with E-state index in [0.29, 0.717) is 12.1 Å². The Bertz CT molecular complexity index is 409. The summed E-state index contributed by atoms with van der Waals surface area (Å²) in [6.07, 6.45) is 8.22. The van der Waals surface area contributed by atoms with Gasteiger partial charge in [-0.05, 0) is 59.2 Å². The Labute approximate surface area is 183 Å². The first-order chi connectivity index (χ1) is 12.6. The fraction of sp³-hybridized carbons (Fsp3) is 0.900. The third-order valence-corrected chi connectivity index (χ3v) is 5.08. The molecule has 1 fully saturated rings. The zero-order chi connectivity index (χ0) is 19.2. The first-order valence-corrected chi connectivity index (χ1v) is 10.7. The highest BCUT2D eigenvalue weighted by molar-refractivity contribution is 14.0. The van der Waals surface area contributed by atoms with Gasteiger partial charge in [0.2, 0.25) is 5.91 Å². The van der Waals surface area contributed by atoms with E-state index in [4.69, 9.17) is 0 Å². The Kier molecular flexibility index (Phi) is 16.0. The summed E-state index contributed by atoms with van der Waals surface area (Å²) in [6.45, 7) is 13.0. The largest absolute Gasteiger partial charge is 0.357 e. The Balaban J connectivity index is 0.00000676. The van der Waals surface area contributed by atoms with E-state index in [1.54, 1.807) is 0 Å². The van der Waals surface area contributed by atoms with Gasteiger partial charge in [-0.15, -0.1) is 24.0 Å². The second-order valence-corrected chi connectivity index (χ2v) is 7.31. The number of guanidine groups is 1. The average molecular weight is 495 g/mol. The van der Waals surface area contributed by atoms with Crippen LogP contribution in [-0.4, -0.2) is 61.6 Å². The summed E-state index contributed by atoms with van der Waals surface area (Å²) >= 11 is 0. The third kappa shape index (κ3) is 12.5. The molecular weight excluding hydrogens is 453 g/mol. The summed E-state index contributed by atoms with van der Waals surface area (Å²) in [6, 6.07) is 0.686. The maximum absolute atomic E-state index is 12.1. The summed E-state index contributed by atoms with van der Waals surface area (Å²) in [7, 11) is 0. The number of hydrogen-bond donors (Lipinski definition) is 3. The molecule has 160 valence electrons. The number of rotatable bonds is 11. The lowest BCUT2D eigenvalue weighted by Gasteiger charge is -2.23. The van der Waals surface area contributed by atoms with E-state index in [1.807, 2.05) is 6.92 Å². The summed E-state index contributed by atoms with van der Waals surface area (Å²) in [4.78, 5) is 19.1. The lowest BCUT2D eigenvalue weighted by atomic mass is 9.95. The molecule has 0 aromatic carbocycles. The van der Waals surface area contributed by atoms with Crippen LogP contribution in [-0.2, 0) is 4.79 Å². The molecular formula is C20H42IN5O. The van der Waals surface area contributed by atoms with Gasteiger partial charge in [0.15, 0.2) is 5.96 Å². The number of carbonyl (C=O) groups excluding carboxylic acids is 1. The monoisotopic (exact) mass is 495 g/mol. The van der Waals surface area contributed by atoms with Gasteiger partial charge in [-0.3, -0.25) is 4.79 Å². The predicted molar refractivity (Wildman–Crippen MR) is 126 cm³/mol. The minimum atomic E-state index is 0. The van der Waals surface area contributed by atoms with Gasteiger partial charge in [-0.1, -0.05) is 33.1 Å². The fourth-order valence-electron chi connectivity index (χ4n) is 3.46. The molecule has 0 aromatic rings. The van der Waals surface area contributed by atoms with Crippen LogP contribution in [0.5, 0.6) is 0 Å². The van der Waals surface area contributed by atoms with Gasteiger partial charge < -0.3 is 20.9 Å². The van der Waals surface area contributed by atoms with Crippen molar-refractivity contribution < 1.29 is 4.79 Å². The Morgan fingerprint density at radius 2 is 1.81 bits per heavy atom. The van der Waals surface area contributed by atoms with Gasteiger partial charge in [-0.2, -0.15) is 0 Å². The first-order valence-electron chi connectivity index (χ1n) is 10.7. The SMILES string of the molecule is CCNC(=NCC(=O)NC1CCCCC1)NC(C)CCCN(CC)CC.I. The van der Waals surface area contributed by atoms with E-state index in [1.165, 1.54) is 19.3 Å². The quantitative estimate of drug-likeness (QED) is 0.234. The minimum Gasteiger partial charge on any atom is -0.357 e. The molecule has 1 unspecified atom stereocenters. The molecule has 27 heavy (non-hydrogen) atoms. The smallest absolute Gasteiger partial charge is 0.242 e. The van der Waals surface area contributed by atoms with Gasteiger partial charge in [0, 0.05) is 18.6 Å². The van der Waals surface area contributed by atoms with Crippen LogP contribution in [0.3, 0.4) is 0 Å². The van der Waals surface area contributed by atoms with E-state index in [-0.39, 0.29) is 36.4 Å². The molecule has 1 amide bonds. The molecule has 1 atom stereocenters. The van der Waals surface area contributed by atoms with Crippen molar-refractivity contribution in [3.05, 3.63) is 0 Å². The van der Waals surface area contributed by atoms with Crippen LogP contribution in [0.25, 0.3) is 0 Å². The Morgan fingerprint density at radius 1 is 1.15 bits per heavy atom. The third-order valence-electron chi connectivity index (χ3n) is 5.08. The second kappa shape index (κ2) is 16.4. The number of halogens is 1. The van der Waals surface area contributed by atoms with Crippen LogP contribution in [0.1, 0.15) is 72.6 Å². The summed E-state index contributed by atoms with van der Waals surface area (Å²) in [5, 5.41) is 9.79. The zero-order valence-corrected chi connectivity index (χ0v) is 20.2. The van der Waals surface area contributed by atoms with E-state index < -0.39 is 0 Å². The summed E-state index contributed by atoms with van der Waals surface area (Å²) in [5.74, 6) is 0.768. The van der Waals surface area contributed by atoms with Gasteiger partial charge in [0.05, 0.1) is 0 Å². The topological polar surface area (TPSA) is 68.8 Å². The van der Waals surface area contributed by atoms with Crippen molar-refractivity contribution >= 4 is 35.8 Å². The Morgan fingerprint density at radius 3 is 2.41 bits per heavy atom. The van der Waals surface area contributed by atoms with E-state index in [9.17, 15) is 4.79 Å². The summed E-state index contributed by atoms with van der Waals surface area (Å²) < 4.78 is 0. The zero-order valence-electron chi connectivity index (χ0n) is 17.9. The van der Waals surface area contributed by atoms with Crippen molar-refractivity contribution in [2.45, 2.75) is 84.7 Å². The van der Waals surface area contributed by atoms with Crippen molar-refractivity contribution in [2.24, 2.45) is 4.99 Å². The predicted octanol–water partition coefficient (Wildman–Crippen LogP) is 3.12. The molecule has 7 heteroatoms. The van der Waals surface area contributed by atoms with Crippen LogP contribution >= 0.6 is 24.0 Å². The molecule has 1 rings (SSSR count). The molecule has 1 aliphatic rings. The number of nitrogens with one attached hydrogen (secondary N) is 3. The van der Waals surface area contributed by atoms with Crippen LogP contribution in [0.4, 0.5) is 0 Å². The number of carbonyl (C=O) groups is 1. The number of amides is 1. The van der Waals surface area contributed by atoms with Crippen LogP contribution < -0.4 is 16.0 Å². The molecule has 0 radical (unpaired) electrons. The highest BCUT2D eigenvalue weighted by Crippen LogP contribution is 2.17. The number of nitrogens with zero attached hydrogens (tertiary/aromatic N) is 2. The maximum atomic E-state index is 12.1. The van der Waals surface area contributed by atoms with Gasteiger partial charge in [-0.25, -0.2) is 4.99 Å². The lowest BCUT2D eigenvalue weighted by molar-refractivity contribution is -0.120. The van der Waals surface area contributed by atoms with Crippen molar-refractivity contribution in [2.75, 3.05) is 32.7 Å². The highest BCUT2D eigenvalue weighted by Gasteiger charge is 2.15. The van der Waals surface area contributed by atoms with E-state index >= 15 is 0 Å². The first kappa shape index (κ1) is 26.4. The number of hydrogen-bond acceptors (Lipinski definition) is 3. The minimum absolute atomic E-state index is 0. The van der Waals surface area contributed by atoms with Crippen LogP contribution in [0.15, 0.2) is 4.99 Å². The molecule has 0 bridgehead atoms. The van der Waals surface area contributed by atoms with Crippen molar-refractivity contribution in [3.8, 4) is 0 Å². The average Bonchev–Trinajstić information content (AvgIpc) is 2.64. The molecule has 1 aliphatic carbocycles. The van der Waals surface area contributed by atoms with Gasteiger partial charge >= 0.3 is 0 Å². The van der Waals surface area contributed by atoms with E-state index in [2.05, 4.69) is 46.6 Å². The van der Waals surface area contributed by atoms with E-state index in [0.717, 1.165) is 57.8 Å². The van der Waals surface area contributed by atoms with Crippen molar-refractivity contribution in [1.29, 1.82) is 0 Å². The summed E-state index contributed by atoms with van der Waals surface area (Å²) in [5.41, 5.74) is 0. The van der Waals surface area contributed by atoms with Gasteiger partial charge in [0.25, 0.3) is 0 Å². The maximum Gasteiger partial charge on any atom is 0.242 e. The second-order valence-electron chi connectivity index (χ2n) is 7.31. The molecule has 0 spiro atoms. The fourth-order valence-corrected chi connectivity index (χ4v) is 3.46. The standard InChI is InChI=1S/C20H41N5O.HI/c1-5-21-20(23-17(4)12-11-15-25(6-2)7-3)22-16-19(26)24-18-13-9-8-10-14-18;/h17-18H,5-16H2,1-4H3,(H,24,26)(H2,21,22,23);1H. The molecule has 3 N–H and O–H groups in total. The molecule has 6 nitrogen and oxygen atoms in total. The normalized spacial score (nSPS) is 16.6. The van der Waals surface area contributed by atoms with Crippen molar-refractivity contribution in [3.63, 3.8) is 0 Å². The number of aliphatic imine (C=N–C) groups is 1. The molecule has 0 aromatic heterocycles. The molecule has 0 aliphatic heterocycles. The molecule has 0 saturated heterocycles. The highest BCUT2D eigenvalue weighted by atomic mass is 127. The van der Waals surface area contributed by atoms with Gasteiger partial charge in [0.1, 0.15) is 6.54 Å². The molecule has 1 saturated carbocycles. The molecule has 0 heterocycles. The lowest BCUT2D eigenvalue weighted by Crippen LogP contribution is -2.43.